The maximum atomic E-state index is 5.95. The molecular weight excluding hydrogens is 248 g/mol. The summed E-state index contributed by atoms with van der Waals surface area (Å²) in [5, 5.41) is 0.686. The third-order valence-corrected chi connectivity index (χ3v) is 3.00. The molecule has 3 aromatic rings. The van der Waals surface area contributed by atoms with Crippen LogP contribution in [-0.4, -0.2) is 14.5 Å². The molecule has 2 N–H and O–H groups in total. The van der Waals surface area contributed by atoms with Crippen LogP contribution in [0, 0.1) is 6.92 Å². The Hall–Kier alpha value is -2.07. The van der Waals surface area contributed by atoms with Crippen molar-refractivity contribution in [3.05, 3.63) is 47.1 Å². The van der Waals surface area contributed by atoms with E-state index in [1.165, 1.54) is 0 Å². The predicted octanol–water partition coefficient (Wildman–Crippen LogP) is 2.96. The SMILES string of the molecule is Cc1cnc2c(c1)nc(N)n2-c1ccc(Cl)cc1. The van der Waals surface area contributed by atoms with Crippen molar-refractivity contribution >= 4 is 28.7 Å². The van der Waals surface area contributed by atoms with Gasteiger partial charge < -0.3 is 5.73 Å². The molecule has 0 saturated heterocycles. The van der Waals surface area contributed by atoms with Crippen molar-refractivity contribution in [3.8, 4) is 5.69 Å². The third kappa shape index (κ3) is 1.71. The van der Waals surface area contributed by atoms with Crippen LogP contribution in [0.2, 0.25) is 5.02 Å². The topological polar surface area (TPSA) is 56.7 Å². The minimum Gasteiger partial charge on any atom is -0.369 e. The molecule has 0 spiro atoms. The first-order valence-electron chi connectivity index (χ1n) is 5.51. The van der Waals surface area contributed by atoms with Gasteiger partial charge in [-0.2, -0.15) is 0 Å². The maximum Gasteiger partial charge on any atom is 0.207 e. The number of fused-ring (bicyclic) bond motifs is 1. The Morgan fingerprint density at radius 1 is 1.22 bits per heavy atom. The number of halogens is 1. The summed E-state index contributed by atoms with van der Waals surface area (Å²) >= 11 is 5.88. The van der Waals surface area contributed by atoms with Crippen molar-refractivity contribution in [3.63, 3.8) is 0 Å². The van der Waals surface area contributed by atoms with E-state index in [4.69, 9.17) is 17.3 Å². The molecule has 0 radical (unpaired) electrons. The standard InChI is InChI=1S/C13H11ClN4/c1-8-6-11-12(16-7-8)18(13(15)17-11)10-4-2-9(14)3-5-10/h2-7H,1H3,(H2,15,17). The van der Waals surface area contributed by atoms with Crippen LogP contribution in [0.25, 0.3) is 16.9 Å². The Balaban J connectivity index is 2.28. The Bertz CT molecular complexity index is 716. The average Bonchev–Trinajstić information content (AvgIpc) is 2.65. The second-order valence-electron chi connectivity index (χ2n) is 4.14. The zero-order chi connectivity index (χ0) is 12.7. The molecule has 0 unspecified atom stereocenters. The van der Waals surface area contributed by atoms with Crippen LogP contribution in [-0.2, 0) is 0 Å². The van der Waals surface area contributed by atoms with Gasteiger partial charge in [-0.05, 0) is 42.8 Å². The average molecular weight is 259 g/mol. The summed E-state index contributed by atoms with van der Waals surface area (Å²) in [6.45, 7) is 1.98. The summed E-state index contributed by atoms with van der Waals surface area (Å²) in [7, 11) is 0. The van der Waals surface area contributed by atoms with Gasteiger partial charge in [-0.25, -0.2) is 9.97 Å². The largest absolute Gasteiger partial charge is 0.369 e. The van der Waals surface area contributed by atoms with Crippen LogP contribution in [0.5, 0.6) is 0 Å². The summed E-state index contributed by atoms with van der Waals surface area (Å²) in [4.78, 5) is 8.71. The lowest BCUT2D eigenvalue weighted by molar-refractivity contribution is 1.08. The Kier molecular flexibility index (Phi) is 2.45. The molecule has 0 amide bonds. The second kappa shape index (κ2) is 3.99. The quantitative estimate of drug-likeness (QED) is 0.730. The Morgan fingerprint density at radius 3 is 2.67 bits per heavy atom. The zero-order valence-corrected chi connectivity index (χ0v) is 10.5. The molecule has 5 heteroatoms. The number of aryl methyl sites for hydroxylation is 1. The number of hydrogen-bond donors (Lipinski definition) is 1. The minimum absolute atomic E-state index is 0.422. The van der Waals surface area contributed by atoms with E-state index in [9.17, 15) is 0 Å². The number of nitrogens with zero attached hydrogens (tertiary/aromatic N) is 3. The molecule has 0 aliphatic carbocycles. The molecule has 0 fully saturated rings. The van der Waals surface area contributed by atoms with E-state index >= 15 is 0 Å². The van der Waals surface area contributed by atoms with Crippen LogP contribution in [0.4, 0.5) is 5.95 Å². The van der Waals surface area contributed by atoms with Crippen LogP contribution < -0.4 is 5.73 Å². The van der Waals surface area contributed by atoms with Crippen molar-refractivity contribution in [2.24, 2.45) is 0 Å². The molecule has 0 aliphatic heterocycles. The minimum atomic E-state index is 0.422. The van der Waals surface area contributed by atoms with Gasteiger partial charge in [-0.15, -0.1) is 0 Å². The van der Waals surface area contributed by atoms with Crippen molar-refractivity contribution in [1.29, 1.82) is 0 Å². The molecule has 2 heterocycles. The highest BCUT2D eigenvalue weighted by Gasteiger charge is 2.11. The molecule has 0 saturated carbocycles. The van der Waals surface area contributed by atoms with E-state index in [2.05, 4.69) is 9.97 Å². The highest BCUT2D eigenvalue weighted by atomic mass is 35.5. The number of anilines is 1. The van der Waals surface area contributed by atoms with Crippen LogP contribution in [0.3, 0.4) is 0 Å². The Labute approximate surface area is 109 Å². The van der Waals surface area contributed by atoms with E-state index in [0.717, 1.165) is 22.4 Å². The van der Waals surface area contributed by atoms with Crippen molar-refractivity contribution in [1.82, 2.24) is 14.5 Å². The van der Waals surface area contributed by atoms with Crippen molar-refractivity contribution in [2.45, 2.75) is 6.92 Å². The van der Waals surface area contributed by atoms with Gasteiger partial charge in [0.1, 0.15) is 5.52 Å². The maximum absolute atomic E-state index is 5.95. The van der Waals surface area contributed by atoms with E-state index in [1.807, 2.05) is 41.8 Å². The Morgan fingerprint density at radius 2 is 1.94 bits per heavy atom. The van der Waals surface area contributed by atoms with E-state index in [1.54, 1.807) is 6.20 Å². The number of nitrogen functional groups attached to an aromatic ring is 1. The van der Waals surface area contributed by atoms with E-state index in [-0.39, 0.29) is 0 Å². The fraction of sp³-hybridized carbons (Fsp3) is 0.0769. The molecule has 1 aromatic carbocycles. The lowest BCUT2D eigenvalue weighted by Crippen LogP contribution is -2.01. The summed E-state index contributed by atoms with van der Waals surface area (Å²) in [5.41, 5.74) is 9.45. The lowest BCUT2D eigenvalue weighted by Gasteiger charge is -2.05. The molecule has 4 nitrogen and oxygen atoms in total. The fourth-order valence-electron chi connectivity index (χ4n) is 1.93. The molecular formula is C13H11ClN4. The number of aromatic nitrogens is 3. The molecule has 2 aromatic heterocycles. The first-order chi connectivity index (χ1) is 8.65. The van der Waals surface area contributed by atoms with Gasteiger partial charge >= 0.3 is 0 Å². The lowest BCUT2D eigenvalue weighted by atomic mass is 10.3. The first-order valence-corrected chi connectivity index (χ1v) is 5.89. The van der Waals surface area contributed by atoms with E-state index < -0.39 is 0 Å². The zero-order valence-electron chi connectivity index (χ0n) is 9.76. The van der Waals surface area contributed by atoms with Gasteiger partial charge in [-0.1, -0.05) is 11.6 Å². The monoisotopic (exact) mass is 258 g/mol. The number of hydrogen-bond acceptors (Lipinski definition) is 3. The smallest absolute Gasteiger partial charge is 0.207 e. The van der Waals surface area contributed by atoms with Gasteiger partial charge in [0.2, 0.25) is 5.95 Å². The number of benzene rings is 1. The number of rotatable bonds is 1. The van der Waals surface area contributed by atoms with Gasteiger partial charge in [0, 0.05) is 11.2 Å². The summed E-state index contributed by atoms with van der Waals surface area (Å²) in [6, 6.07) is 9.38. The fourth-order valence-corrected chi connectivity index (χ4v) is 2.05. The summed E-state index contributed by atoms with van der Waals surface area (Å²) < 4.78 is 1.81. The van der Waals surface area contributed by atoms with Gasteiger partial charge in [0.15, 0.2) is 5.65 Å². The first kappa shape index (κ1) is 11.0. The molecule has 90 valence electrons. The van der Waals surface area contributed by atoms with Crippen LogP contribution >= 0.6 is 11.6 Å². The van der Waals surface area contributed by atoms with Gasteiger partial charge in [0.25, 0.3) is 0 Å². The molecule has 0 atom stereocenters. The number of pyridine rings is 1. The van der Waals surface area contributed by atoms with Gasteiger partial charge in [0.05, 0.1) is 5.69 Å². The number of nitrogens with two attached hydrogens (primary N) is 1. The summed E-state index contributed by atoms with van der Waals surface area (Å²) in [5.74, 6) is 0.422. The second-order valence-corrected chi connectivity index (χ2v) is 4.57. The predicted molar refractivity (Wildman–Crippen MR) is 73.0 cm³/mol. The van der Waals surface area contributed by atoms with Crippen LogP contribution in [0.1, 0.15) is 5.56 Å². The molecule has 0 bridgehead atoms. The normalized spacial score (nSPS) is 11.0. The molecule has 18 heavy (non-hydrogen) atoms. The van der Waals surface area contributed by atoms with Crippen molar-refractivity contribution in [2.75, 3.05) is 5.73 Å². The number of imidazole rings is 1. The van der Waals surface area contributed by atoms with E-state index in [0.29, 0.717) is 11.0 Å². The van der Waals surface area contributed by atoms with Crippen molar-refractivity contribution < 1.29 is 0 Å². The molecule has 0 aliphatic rings. The van der Waals surface area contributed by atoms with Crippen LogP contribution in [0.15, 0.2) is 36.5 Å². The summed E-state index contributed by atoms with van der Waals surface area (Å²) in [6.07, 6.45) is 1.80. The third-order valence-electron chi connectivity index (χ3n) is 2.74. The highest BCUT2D eigenvalue weighted by molar-refractivity contribution is 6.30. The highest BCUT2D eigenvalue weighted by Crippen LogP contribution is 2.22. The van der Waals surface area contributed by atoms with Gasteiger partial charge in [-0.3, -0.25) is 4.57 Å². The molecule has 3 rings (SSSR count).